The molecular formula is C59H34N6S. The molecule has 9 aromatic carbocycles. The van der Waals surface area contributed by atoms with Gasteiger partial charge in [0.1, 0.15) is 0 Å². The number of benzene rings is 9. The molecule has 0 bridgehead atoms. The Balaban J connectivity index is 1.19. The van der Waals surface area contributed by atoms with E-state index in [4.69, 9.17) is 15.0 Å². The Labute approximate surface area is 384 Å². The Morgan fingerprint density at radius 1 is 0.364 bits per heavy atom. The van der Waals surface area contributed by atoms with Gasteiger partial charge in [0.25, 0.3) is 0 Å². The Hall–Kier alpha value is -9.01. The third-order valence-electron chi connectivity index (χ3n) is 12.3. The molecule has 306 valence electrons. The molecule has 0 saturated heterocycles. The number of nitriles is 2. The summed E-state index contributed by atoms with van der Waals surface area (Å²) in [7, 11) is 0. The van der Waals surface area contributed by atoms with E-state index in [2.05, 4.69) is 114 Å². The van der Waals surface area contributed by atoms with Crippen LogP contribution in [0.2, 0.25) is 0 Å². The Morgan fingerprint density at radius 3 is 1.47 bits per heavy atom. The molecule has 0 radical (unpaired) electrons. The highest BCUT2D eigenvalue weighted by Gasteiger charge is 2.22. The second-order valence-electron chi connectivity index (χ2n) is 16.2. The van der Waals surface area contributed by atoms with Crippen LogP contribution in [0.5, 0.6) is 0 Å². The van der Waals surface area contributed by atoms with Gasteiger partial charge in [-0.2, -0.15) is 10.5 Å². The van der Waals surface area contributed by atoms with Crippen molar-refractivity contribution in [1.29, 1.82) is 10.5 Å². The lowest BCUT2D eigenvalue weighted by molar-refractivity contribution is 1.06. The van der Waals surface area contributed by atoms with Crippen LogP contribution in [0, 0.1) is 22.7 Å². The van der Waals surface area contributed by atoms with Gasteiger partial charge >= 0.3 is 0 Å². The lowest BCUT2D eigenvalue weighted by Gasteiger charge is -2.17. The van der Waals surface area contributed by atoms with E-state index in [1.165, 1.54) is 20.2 Å². The van der Waals surface area contributed by atoms with Crippen LogP contribution in [0.15, 0.2) is 206 Å². The van der Waals surface area contributed by atoms with Crippen LogP contribution in [0.1, 0.15) is 11.1 Å². The maximum Gasteiger partial charge on any atom is 0.166 e. The molecule has 0 fully saturated rings. The molecule has 12 rings (SSSR count). The van der Waals surface area contributed by atoms with E-state index in [0.717, 1.165) is 77.6 Å². The third-order valence-corrected chi connectivity index (χ3v) is 13.4. The Kier molecular flexibility index (Phi) is 9.35. The monoisotopic (exact) mass is 858 g/mol. The molecule has 3 heterocycles. The number of hydrogen-bond acceptors (Lipinski definition) is 6. The zero-order valence-electron chi connectivity index (χ0n) is 35.2. The number of fused-ring (bicyclic) bond motifs is 6. The van der Waals surface area contributed by atoms with Crippen molar-refractivity contribution in [3.8, 4) is 85.4 Å². The molecule has 0 saturated carbocycles. The van der Waals surface area contributed by atoms with Crippen LogP contribution in [0.4, 0.5) is 0 Å². The summed E-state index contributed by atoms with van der Waals surface area (Å²) >= 11 is 1.81. The lowest BCUT2D eigenvalue weighted by atomic mass is 9.96. The highest BCUT2D eigenvalue weighted by molar-refractivity contribution is 7.25. The average Bonchev–Trinajstić information content (AvgIpc) is 3.94. The van der Waals surface area contributed by atoms with E-state index in [0.29, 0.717) is 28.6 Å². The normalized spacial score (nSPS) is 11.3. The summed E-state index contributed by atoms with van der Waals surface area (Å²) < 4.78 is 4.79. The fraction of sp³-hybridized carbons (Fsp3) is 0. The minimum absolute atomic E-state index is 0.535. The second-order valence-corrected chi connectivity index (χ2v) is 17.3. The van der Waals surface area contributed by atoms with Crippen molar-refractivity contribution in [2.45, 2.75) is 0 Å². The highest BCUT2D eigenvalue weighted by Crippen LogP contribution is 2.44. The van der Waals surface area contributed by atoms with Crippen LogP contribution in [-0.2, 0) is 0 Å². The van der Waals surface area contributed by atoms with E-state index >= 15 is 0 Å². The standard InChI is InChI=1S/C59H34N6S/c60-35-37-12-9-18-41(30-37)43-24-27-47-48-28-25-44(42-19-10-13-38(31-42)36-61)34-53(48)65(52(47)33-43)51-29-26-45(46-21-11-23-55-56(46)49-20-7-8-22-54(49)66-55)32-50(51)59-63-57(39-14-3-1-4-15-39)62-58(64-59)40-16-5-2-6-17-40/h1-34H. The van der Waals surface area contributed by atoms with Gasteiger partial charge in [0, 0.05) is 47.6 Å². The first-order valence-electron chi connectivity index (χ1n) is 21.6. The highest BCUT2D eigenvalue weighted by atomic mass is 32.1. The minimum Gasteiger partial charge on any atom is -0.308 e. The first-order chi connectivity index (χ1) is 32.6. The quantitative estimate of drug-likeness (QED) is 0.159. The Bertz CT molecular complexity index is 3790. The summed E-state index contributed by atoms with van der Waals surface area (Å²) in [5.41, 5.74) is 12.7. The number of thiophene rings is 1. The molecule has 3 aromatic heterocycles. The molecule has 7 heteroatoms. The number of aromatic nitrogens is 4. The van der Waals surface area contributed by atoms with Crippen LogP contribution in [-0.4, -0.2) is 19.5 Å². The second kappa shape index (κ2) is 16.0. The molecule has 0 amide bonds. The maximum absolute atomic E-state index is 9.86. The van der Waals surface area contributed by atoms with Gasteiger partial charge in [-0.05, 0) is 94.0 Å². The van der Waals surface area contributed by atoms with Gasteiger partial charge in [0.05, 0.1) is 40.0 Å². The van der Waals surface area contributed by atoms with Crippen molar-refractivity contribution in [3.63, 3.8) is 0 Å². The van der Waals surface area contributed by atoms with Gasteiger partial charge in [-0.3, -0.25) is 0 Å². The zero-order valence-corrected chi connectivity index (χ0v) is 36.0. The van der Waals surface area contributed by atoms with Crippen molar-refractivity contribution in [2.75, 3.05) is 0 Å². The van der Waals surface area contributed by atoms with Gasteiger partial charge < -0.3 is 4.57 Å². The summed E-state index contributed by atoms with van der Waals surface area (Å²) in [4.78, 5) is 15.8. The minimum atomic E-state index is 0.535. The fourth-order valence-corrected chi connectivity index (χ4v) is 10.3. The van der Waals surface area contributed by atoms with Crippen LogP contribution < -0.4 is 0 Å². The molecule has 0 aliphatic rings. The van der Waals surface area contributed by atoms with Gasteiger partial charge in [0.15, 0.2) is 17.5 Å². The van der Waals surface area contributed by atoms with Crippen molar-refractivity contribution in [2.24, 2.45) is 0 Å². The summed E-state index contributed by atoms with van der Waals surface area (Å²) in [6.07, 6.45) is 0. The van der Waals surface area contributed by atoms with E-state index in [1.54, 1.807) is 11.3 Å². The molecule has 0 atom stereocenters. The first kappa shape index (κ1) is 38.6. The molecule has 6 nitrogen and oxygen atoms in total. The van der Waals surface area contributed by atoms with Crippen LogP contribution in [0.3, 0.4) is 0 Å². The van der Waals surface area contributed by atoms with Crippen molar-refractivity contribution in [3.05, 3.63) is 217 Å². The molecule has 0 N–H and O–H groups in total. The van der Waals surface area contributed by atoms with E-state index in [-0.39, 0.29) is 0 Å². The average molecular weight is 859 g/mol. The van der Waals surface area contributed by atoms with Crippen LogP contribution in [0.25, 0.3) is 115 Å². The van der Waals surface area contributed by atoms with E-state index < -0.39 is 0 Å². The molecule has 0 aliphatic carbocycles. The predicted molar refractivity (Wildman–Crippen MR) is 269 cm³/mol. The Morgan fingerprint density at radius 2 is 0.864 bits per heavy atom. The van der Waals surface area contributed by atoms with Gasteiger partial charge in [0.2, 0.25) is 0 Å². The zero-order chi connectivity index (χ0) is 44.1. The summed E-state index contributed by atoms with van der Waals surface area (Å²) in [6.45, 7) is 0. The summed E-state index contributed by atoms with van der Waals surface area (Å²) in [6, 6.07) is 75.2. The van der Waals surface area contributed by atoms with Gasteiger partial charge in [-0.1, -0.05) is 146 Å². The maximum atomic E-state index is 9.86. The summed E-state index contributed by atoms with van der Waals surface area (Å²) in [5, 5.41) is 24.3. The largest absolute Gasteiger partial charge is 0.308 e. The SMILES string of the molecule is N#Cc1cccc(-c2ccc3c4ccc(-c5cccc(C#N)c5)cc4n(-c4ccc(-c5cccc6sc7ccccc7c56)cc4-c4nc(-c5ccccc5)nc(-c5ccccc5)n4)c3c2)c1. The molecule has 0 aliphatic heterocycles. The number of rotatable bonds is 7. The molecule has 66 heavy (non-hydrogen) atoms. The molecular weight excluding hydrogens is 825 g/mol. The van der Waals surface area contributed by atoms with Crippen molar-refractivity contribution in [1.82, 2.24) is 19.5 Å². The number of nitrogens with zero attached hydrogens (tertiary/aromatic N) is 6. The van der Waals surface area contributed by atoms with Gasteiger partial charge in [-0.15, -0.1) is 11.3 Å². The molecule has 0 spiro atoms. The first-order valence-corrected chi connectivity index (χ1v) is 22.4. The van der Waals surface area contributed by atoms with Crippen molar-refractivity contribution >= 4 is 53.3 Å². The fourth-order valence-electron chi connectivity index (χ4n) is 9.20. The topological polar surface area (TPSA) is 91.2 Å². The smallest absolute Gasteiger partial charge is 0.166 e. The predicted octanol–water partition coefficient (Wildman–Crippen LogP) is 15.1. The van der Waals surface area contributed by atoms with E-state index in [1.807, 2.05) is 109 Å². The van der Waals surface area contributed by atoms with Crippen molar-refractivity contribution < 1.29 is 0 Å². The molecule has 0 unspecified atom stereocenters. The van der Waals surface area contributed by atoms with E-state index in [9.17, 15) is 10.5 Å². The summed E-state index contributed by atoms with van der Waals surface area (Å²) in [5.74, 6) is 1.68. The van der Waals surface area contributed by atoms with Gasteiger partial charge in [-0.25, -0.2) is 15.0 Å². The number of hydrogen-bond donors (Lipinski definition) is 0. The lowest BCUT2D eigenvalue weighted by Crippen LogP contribution is -2.04. The molecule has 12 aromatic rings. The van der Waals surface area contributed by atoms with Crippen LogP contribution >= 0.6 is 11.3 Å². The third kappa shape index (κ3) is 6.67.